The molecule has 5 rings (SSSR count). The van der Waals surface area contributed by atoms with Crippen molar-refractivity contribution in [2.24, 2.45) is 0 Å². The molecule has 0 fully saturated rings. The Balaban J connectivity index is 2.08. The van der Waals surface area contributed by atoms with Gasteiger partial charge in [0, 0.05) is 55.7 Å². The first kappa shape index (κ1) is 28.4. The average molecular weight is 537 g/mol. The summed E-state index contributed by atoms with van der Waals surface area (Å²) in [7, 11) is 0. The Hall–Kier alpha value is -3.14. The maximum atomic E-state index is 5.42. The van der Waals surface area contributed by atoms with Gasteiger partial charge in [0.2, 0.25) is 0 Å². The second kappa shape index (κ2) is 9.19. The molecule has 0 amide bonds. The first-order valence-corrected chi connectivity index (χ1v) is 14.8. The van der Waals surface area contributed by atoms with Gasteiger partial charge in [0.15, 0.2) is 0 Å². The molecule has 0 atom stereocenters. The Bertz CT molecular complexity index is 1540. The van der Waals surface area contributed by atoms with E-state index in [9.17, 15) is 0 Å². The van der Waals surface area contributed by atoms with E-state index >= 15 is 0 Å². The van der Waals surface area contributed by atoms with E-state index in [-0.39, 0.29) is 21.7 Å². The van der Waals surface area contributed by atoms with E-state index in [1.165, 1.54) is 33.6 Å². The quantitative estimate of drug-likeness (QED) is 0.235. The number of nitrogens with zero attached hydrogens (tertiary/aromatic N) is 2. The van der Waals surface area contributed by atoms with Crippen LogP contribution < -0.4 is 0 Å². The number of nitrogens with one attached hydrogen (secondary N) is 2. The van der Waals surface area contributed by atoms with Gasteiger partial charge in [-0.15, -0.1) is 0 Å². The van der Waals surface area contributed by atoms with Gasteiger partial charge in [-0.05, 0) is 70.9 Å². The van der Waals surface area contributed by atoms with Crippen molar-refractivity contribution in [1.82, 2.24) is 19.9 Å². The molecule has 0 aliphatic carbocycles. The van der Waals surface area contributed by atoms with E-state index in [4.69, 9.17) is 9.97 Å². The van der Waals surface area contributed by atoms with E-state index in [1.807, 2.05) is 0 Å². The van der Waals surface area contributed by atoms with Crippen LogP contribution in [-0.4, -0.2) is 19.9 Å². The van der Waals surface area contributed by atoms with Gasteiger partial charge in [-0.2, -0.15) is 0 Å². The molecule has 2 N–H and O–H groups in total. The molecule has 0 unspecified atom stereocenters. The lowest BCUT2D eigenvalue weighted by Gasteiger charge is -2.22. The molecule has 212 valence electrons. The molecule has 0 saturated heterocycles. The Morgan fingerprint density at radius 2 is 0.750 bits per heavy atom. The average Bonchev–Trinajstić information content (AvgIpc) is 3.55. The normalized spacial score (nSPS) is 14.7. The number of rotatable bonds is 0. The van der Waals surface area contributed by atoms with E-state index in [0.717, 1.165) is 46.3 Å². The van der Waals surface area contributed by atoms with Crippen LogP contribution in [0.2, 0.25) is 0 Å². The molecule has 4 heteroatoms. The molecule has 3 aromatic rings. The minimum atomic E-state index is -0.0992. The molecule has 4 nitrogen and oxygen atoms in total. The highest BCUT2D eigenvalue weighted by molar-refractivity contribution is 5.82. The summed E-state index contributed by atoms with van der Waals surface area (Å²) < 4.78 is 0. The second-order valence-electron chi connectivity index (χ2n) is 15.8. The van der Waals surface area contributed by atoms with Crippen LogP contribution in [0.1, 0.15) is 128 Å². The number of aromatic amines is 2. The highest BCUT2D eigenvalue weighted by atomic mass is 14.8. The smallest absolute Gasteiger partial charge is 0.0695 e. The van der Waals surface area contributed by atoms with Crippen LogP contribution in [0.4, 0.5) is 0 Å². The summed E-state index contributed by atoms with van der Waals surface area (Å²) in [6, 6.07) is 8.99. The van der Waals surface area contributed by atoms with Gasteiger partial charge in [0.25, 0.3) is 0 Å². The lowest BCUT2D eigenvalue weighted by atomic mass is 9.84. The molecule has 2 aliphatic rings. The highest BCUT2D eigenvalue weighted by Gasteiger charge is 2.29. The first-order valence-electron chi connectivity index (χ1n) is 14.8. The Morgan fingerprint density at radius 3 is 1.05 bits per heavy atom. The monoisotopic (exact) mass is 536 g/mol. The van der Waals surface area contributed by atoms with Crippen LogP contribution in [0.5, 0.6) is 0 Å². The van der Waals surface area contributed by atoms with Crippen LogP contribution in [0.15, 0.2) is 24.3 Å². The van der Waals surface area contributed by atoms with Crippen molar-refractivity contribution >= 4 is 34.2 Å². The highest BCUT2D eigenvalue weighted by Crippen LogP contribution is 2.38. The summed E-state index contributed by atoms with van der Waals surface area (Å²) in [6.07, 6.45) is 6.30. The van der Waals surface area contributed by atoms with Crippen LogP contribution in [0, 0.1) is 0 Å². The van der Waals surface area contributed by atoms with E-state index in [0.29, 0.717) is 0 Å². The number of aromatic nitrogens is 4. The fourth-order valence-corrected chi connectivity index (χ4v) is 6.72. The fourth-order valence-electron chi connectivity index (χ4n) is 6.72. The van der Waals surface area contributed by atoms with Crippen molar-refractivity contribution in [2.45, 2.75) is 118 Å². The Kier molecular flexibility index (Phi) is 6.52. The Labute approximate surface area is 240 Å². The Morgan fingerprint density at radius 1 is 0.450 bits per heavy atom. The lowest BCUT2D eigenvalue weighted by molar-refractivity contribution is 0.585. The van der Waals surface area contributed by atoms with Crippen LogP contribution >= 0.6 is 0 Å². The van der Waals surface area contributed by atoms with Crippen molar-refractivity contribution in [2.75, 3.05) is 0 Å². The van der Waals surface area contributed by atoms with Crippen molar-refractivity contribution < 1.29 is 0 Å². The molecule has 8 bridgehead atoms. The topological polar surface area (TPSA) is 57.4 Å². The maximum Gasteiger partial charge on any atom is 0.0695 e. The summed E-state index contributed by atoms with van der Waals surface area (Å²) >= 11 is 0. The zero-order chi connectivity index (χ0) is 29.4. The molecular formula is C36H48N4. The lowest BCUT2D eigenvalue weighted by Crippen LogP contribution is -2.16. The summed E-state index contributed by atoms with van der Waals surface area (Å²) in [5.41, 5.74) is 13.8. The van der Waals surface area contributed by atoms with E-state index < -0.39 is 0 Å². The zero-order valence-corrected chi connectivity index (χ0v) is 26.8. The van der Waals surface area contributed by atoms with Gasteiger partial charge >= 0.3 is 0 Å². The summed E-state index contributed by atoms with van der Waals surface area (Å²) in [5, 5.41) is 0. The molecule has 2 aliphatic heterocycles. The molecule has 5 heterocycles. The molecular weight excluding hydrogens is 488 g/mol. The van der Waals surface area contributed by atoms with Crippen molar-refractivity contribution in [3.63, 3.8) is 0 Å². The number of hydrogen-bond donors (Lipinski definition) is 2. The van der Waals surface area contributed by atoms with Crippen molar-refractivity contribution in [1.29, 1.82) is 0 Å². The van der Waals surface area contributed by atoms with Gasteiger partial charge in [-0.25, -0.2) is 4.98 Å². The number of aryl methyl sites for hydroxylation is 2. The number of hydrogen-bond acceptors (Lipinski definition) is 2. The summed E-state index contributed by atoms with van der Waals surface area (Å²) in [4.78, 5) is 18.4. The SMILES string of the molecule is CC(C)(C)c1c2nc(c(C(C)(C)C)c3ccc([nH]3)c(C(C)(C)C)c3nc(c(C(C)(C)C)c4ccc1[nH]4)CC3)C=C2. The molecule has 0 radical (unpaired) electrons. The third kappa shape index (κ3) is 5.06. The zero-order valence-electron chi connectivity index (χ0n) is 26.8. The van der Waals surface area contributed by atoms with Crippen LogP contribution in [0.25, 0.3) is 34.2 Å². The summed E-state index contributed by atoms with van der Waals surface area (Å²) in [5.74, 6) is 0. The van der Waals surface area contributed by atoms with Crippen molar-refractivity contribution in [3.05, 3.63) is 69.3 Å². The third-order valence-electron chi connectivity index (χ3n) is 8.05. The minimum absolute atomic E-state index is 0.0620. The molecule has 0 spiro atoms. The van der Waals surface area contributed by atoms with Crippen LogP contribution in [-0.2, 0) is 34.5 Å². The number of H-pyrrole nitrogens is 2. The summed E-state index contributed by atoms with van der Waals surface area (Å²) in [6.45, 7) is 27.5. The maximum absolute atomic E-state index is 5.42. The standard InChI is InChI=1S/C36H48N4/c1-33(2,3)29-21-13-15-23(37-21)30(34(4,5)6)25-17-19-27(39-25)32(36(10,11)12)28-20-18-26(40-28)31(35(7,8)9)24-16-14-22(29)38-24/h13-17,19,38-39H,18,20H2,1-12H3. The largest absolute Gasteiger partial charge is 0.355 e. The predicted molar refractivity (Wildman–Crippen MR) is 172 cm³/mol. The van der Waals surface area contributed by atoms with Gasteiger partial charge in [-0.3, -0.25) is 4.98 Å². The molecule has 40 heavy (non-hydrogen) atoms. The van der Waals surface area contributed by atoms with Crippen molar-refractivity contribution in [3.8, 4) is 0 Å². The van der Waals surface area contributed by atoms with Gasteiger partial charge < -0.3 is 9.97 Å². The van der Waals surface area contributed by atoms with E-state index in [2.05, 4.69) is 129 Å². The molecule has 3 aromatic heterocycles. The third-order valence-corrected chi connectivity index (χ3v) is 8.05. The minimum Gasteiger partial charge on any atom is -0.355 e. The van der Waals surface area contributed by atoms with Crippen LogP contribution in [0.3, 0.4) is 0 Å². The second-order valence-corrected chi connectivity index (χ2v) is 15.8. The van der Waals surface area contributed by atoms with Gasteiger partial charge in [-0.1, -0.05) is 83.1 Å². The first-order chi connectivity index (χ1) is 18.4. The fraction of sp³-hybridized carbons (Fsp3) is 0.500. The van der Waals surface area contributed by atoms with Gasteiger partial charge in [0.05, 0.1) is 11.4 Å². The predicted octanol–water partition coefficient (Wildman–Crippen LogP) is 9.46. The molecule has 0 saturated carbocycles. The van der Waals surface area contributed by atoms with Gasteiger partial charge in [0.1, 0.15) is 0 Å². The van der Waals surface area contributed by atoms with E-state index in [1.54, 1.807) is 0 Å². The molecule has 0 aromatic carbocycles. The number of fused-ring (bicyclic) bond motifs is 8.